The lowest BCUT2D eigenvalue weighted by atomic mass is 9.89. The highest BCUT2D eigenvalue weighted by atomic mass is 16.7. The van der Waals surface area contributed by atoms with Gasteiger partial charge in [0.05, 0.1) is 6.04 Å². The number of hydrogen-bond acceptors (Lipinski definition) is 3. The standard InChI is InChI=1S/C16H18N2O/c1-16(14-9-6-10-17-12-14)11-15(18(2)19-16)13-7-4-3-5-8-13/h3-10,12,15H,11H2,1-2H3/t15-,16-/m0/s1. The highest BCUT2D eigenvalue weighted by molar-refractivity contribution is 5.24. The molecular weight excluding hydrogens is 236 g/mol. The zero-order valence-corrected chi connectivity index (χ0v) is 11.3. The van der Waals surface area contributed by atoms with Crippen LogP contribution in [0.5, 0.6) is 0 Å². The summed E-state index contributed by atoms with van der Waals surface area (Å²) in [6.45, 7) is 2.13. The Balaban J connectivity index is 1.90. The van der Waals surface area contributed by atoms with E-state index >= 15 is 0 Å². The minimum absolute atomic E-state index is 0.284. The van der Waals surface area contributed by atoms with Crippen molar-refractivity contribution in [2.75, 3.05) is 7.05 Å². The van der Waals surface area contributed by atoms with Gasteiger partial charge in [-0.15, -0.1) is 0 Å². The van der Waals surface area contributed by atoms with Gasteiger partial charge >= 0.3 is 0 Å². The number of pyridine rings is 1. The highest BCUT2D eigenvalue weighted by Crippen LogP contribution is 2.44. The fraction of sp³-hybridized carbons (Fsp3) is 0.312. The summed E-state index contributed by atoms with van der Waals surface area (Å²) in [4.78, 5) is 10.3. The molecule has 0 spiro atoms. The van der Waals surface area contributed by atoms with Gasteiger partial charge in [-0.1, -0.05) is 36.4 Å². The molecule has 0 amide bonds. The zero-order chi connectivity index (χ0) is 13.3. The molecule has 0 saturated carbocycles. The molecule has 1 aliphatic heterocycles. The molecule has 1 aliphatic rings. The average Bonchev–Trinajstić information content (AvgIpc) is 2.77. The largest absolute Gasteiger partial charge is 0.287 e. The Labute approximate surface area is 113 Å². The van der Waals surface area contributed by atoms with E-state index in [0.717, 1.165) is 12.0 Å². The van der Waals surface area contributed by atoms with E-state index < -0.39 is 0 Å². The summed E-state index contributed by atoms with van der Waals surface area (Å²) in [7, 11) is 2.00. The third-order valence-corrected chi connectivity index (χ3v) is 3.82. The molecule has 1 saturated heterocycles. The Kier molecular flexibility index (Phi) is 3.09. The van der Waals surface area contributed by atoms with Gasteiger partial charge in [0.2, 0.25) is 0 Å². The van der Waals surface area contributed by atoms with E-state index in [4.69, 9.17) is 4.84 Å². The summed E-state index contributed by atoms with van der Waals surface area (Å²) in [6.07, 6.45) is 4.61. The van der Waals surface area contributed by atoms with Crippen LogP contribution in [0.25, 0.3) is 0 Å². The van der Waals surface area contributed by atoms with Gasteiger partial charge in [0.15, 0.2) is 0 Å². The van der Waals surface area contributed by atoms with Gasteiger partial charge in [-0.05, 0) is 18.6 Å². The Bertz CT molecular complexity index is 543. The van der Waals surface area contributed by atoms with Gasteiger partial charge in [-0.25, -0.2) is 0 Å². The van der Waals surface area contributed by atoms with Crippen LogP contribution in [0.1, 0.15) is 30.5 Å². The second-order valence-electron chi connectivity index (χ2n) is 5.24. The quantitative estimate of drug-likeness (QED) is 0.822. The van der Waals surface area contributed by atoms with Crippen molar-refractivity contribution in [2.24, 2.45) is 0 Å². The summed E-state index contributed by atoms with van der Waals surface area (Å²) < 4.78 is 0. The van der Waals surface area contributed by atoms with Crippen molar-refractivity contribution >= 4 is 0 Å². The van der Waals surface area contributed by atoms with E-state index in [-0.39, 0.29) is 11.6 Å². The van der Waals surface area contributed by atoms with Crippen molar-refractivity contribution in [1.29, 1.82) is 0 Å². The van der Waals surface area contributed by atoms with Gasteiger partial charge in [-0.3, -0.25) is 9.82 Å². The van der Waals surface area contributed by atoms with Crippen LogP contribution in [0, 0.1) is 0 Å². The van der Waals surface area contributed by atoms with Crippen LogP contribution in [0.4, 0.5) is 0 Å². The summed E-state index contributed by atoms with van der Waals surface area (Å²) in [5.74, 6) is 0. The number of rotatable bonds is 2. The third kappa shape index (κ3) is 2.27. The molecule has 3 heteroatoms. The molecule has 0 N–H and O–H groups in total. The molecule has 98 valence electrons. The number of benzene rings is 1. The minimum Gasteiger partial charge on any atom is -0.287 e. The lowest BCUT2D eigenvalue weighted by molar-refractivity contribution is -0.188. The molecule has 2 heterocycles. The minimum atomic E-state index is -0.302. The van der Waals surface area contributed by atoms with Gasteiger partial charge in [-0.2, -0.15) is 5.06 Å². The first kappa shape index (κ1) is 12.3. The van der Waals surface area contributed by atoms with Crippen LogP contribution in [-0.4, -0.2) is 17.1 Å². The number of nitrogens with zero attached hydrogens (tertiary/aromatic N) is 2. The molecule has 0 bridgehead atoms. The Morgan fingerprint density at radius 2 is 2.00 bits per heavy atom. The summed E-state index contributed by atoms with van der Waals surface area (Å²) >= 11 is 0. The monoisotopic (exact) mass is 254 g/mol. The summed E-state index contributed by atoms with van der Waals surface area (Å²) in [5.41, 5.74) is 2.11. The lowest BCUT2D eigenvalue weighted by Crippen LogP contribution is -2.23. The van der Waals surface area contributed by atoms with Crippen molar-refractivity contribution in [3.63, 3.8) is 0 Å². The predicted molar refractivity (Wildman–Crippen MR) is 74.2 cm³/mol. The van der Waals surface area contributed by atoms with E-state index in [0.29, 0.717) is 0 Å². The Morgan fingerprint density at radius 3 is 2.68 bits per heavy atom. The van der Waals surface area contributed by atoms with Crippen LogP contribution in [0.2, 0.25) is 0 Å². The molecule has 1 aromatic carbocycles. The van der Waals surface area contributed by atoms with Crippen LogP contribution >= 0.6 is 0 Å². The second-order valence-corrected chi connectivity index (χ2v) is 5.24. The number of aromatic nitrogens is 1. The van der Waals surface area contributed by atoms with Crippen molar-refractivity contribution in [2.45, 2.75) is 25.0 Å². The van der Waals surface area contributed by atoms with Crippen molar-refractivity contribution in [3.05, 3.63) is 66.0 Å². The summed E-state index contributed by atoms with van der Waals surface area (Å²) in [5, 5.41) is 1.96. The Morgan fingerprint density at radius 1 is 1.21 bits per heavy atom. The number of hydrogen-bond donors (Lipinski definition) is 0. The first-order valence-electron chi connectivity index (χ1n) is 6.56. The zero-order valence-electron chi connectivity index (χ0n) is 11.3. The first-order valence-corrected chi connectivity index (χ1v) is 6.56. The van der Waals surface area contributed by atoms with Gasteiger partial charge in [0.25, 0.3) is 0 Å². The Hall–Kier alpha value is -1.71. The van der Waals surface area contributed by atoms with Gasteiger partial charge in [0, 0.05) is 31.4 Å². The van der Waals surface area contributed by atoms with Gasteiger partial charge < -0.3 is 0 Å². The second kappa shape index (κ2) is 4.76. The normalized spacial score (nSPS) is 27.6. The maximum Gasteiger partial charge on any atom is 0.115 e. The smallest absolute Gasteiger partial charge is 0.115 e. The van der Waals surface area contributed by atoms with E-state index in [1.165, 1.54) is 5.56 Å². The van der Waals surface area contributed by atoms with E-state index in [9.17, 15) is 0 Å². The highest BCUT2D eigenvalue weighted by Gasteiger charge is 2.42. The molecule has 1 aromatic heterocycles. The molecule has 19 heavy (non-hydrogen) atoms. The molecular formula is C16H18N2O. The van der Waals surface area contributed by atoms with Gasteiger partial charge in [0.1, 0.15) is 5.60 Å². The SMILES string of the molecule is CN1O[C@](C)(c2cccnc2)C[C@H]1c1ccccc1. The topological polar surface area (TPSA) is 25.4 Å². The molecule has 0 aliphatic carbocycles. The molecule has 1 fully saturated rings. The molecule has 3 nitrogen and oxygen atoms in total. The first-order chi connectivity index (χ1) is 9.19. The van der Waals surface area contributed by atoms with Crippen LogP contribution in [-0.2, 0) is 10.4 Å². The maximum absolute atomic E-state index is 6.10. The van der Waals surface area contributed by atoms with E-state index in [1.807, 2.05) is 30.4 Å². The molecule has 3 rings (SSSR count). The van der Waals surface area contributed by atoms with Crippen LogP contribution in [0.3, 0.4) is 0 Å². The van der Waals surface area contributed by atoms with Crippen LogP contribution in [0.15, 0.2) is 54.9 Å². The van der Waals surface area contributed by atoms with E-state index in [1.54, 1.807) is 6.20 Å². The van der Waals surface area contributed by atoms with Crippen LogP contribution < -0.4 is 0 Å². The number of hydroxylamine groups is 2. The summed E-state index contributed by atoms with van der Waals surface area (Å²) in [6, 6.07) is 14.8. The average molecular weight is 254 g/mol. The predicted octanol–water partition coefficient (Wildman–Crippen LogP) is 3.31. The fourth-order valence-electron chi connectivity index (χ4n) is 2.77. The fourth-order valence-corrected chi connectivity index (χ4v) is 2.77. The molecule has 2 atom stereocenters. The maximum atomic E-state index is 6.10. The molecule has 0 unspecified atom stereocenters. The lowest BCUT2D eigenvalue weighted by Gasteiger charge is -2.23. The third-order valence-electron chi connectivity index (χ3n) is 3.82. The molecule has 0 radical (unpaired) electrons. The van der Waals surface area contributed by atoms with Crippen molar-refractivity contribution in [1.82, 2.24) is 10.0 Å². The molecule has 2 aromatic rings. The van der Waals surface area contributed by atoms with Crippen molar-refractivity contribution < 1.29 is 4.84 Å². The van der Waals surface area contributed by atoms with Crippen molar-refractivity contribution in [3.8, 4) is 0 Å². The van der Waals surface area contributed by atoms with E-state index in [2.05, 4.69) is 42.2 Å².